The normalized spacial score (nSPS) is 23.6. The van der Waals surface area contributed by atoms with Crippen LogP contribution >= 0.6 is 0 Å². The molecule has 0 amide bonds. The van der Waals surface area contributed by atoms with E-state index in [0.29, 0.717) is 40.3 Å². The summed E-state index contributed by atoms with van der Waals surface area (Å²) in [5.74, 6) is -0.00419. The molecule has 2 atom stereocenters. The van der Waals surface area contributed by atoms with Gasteiger partial charge in [-0.2, -0.15) is 0 Å². The predicted molar refractivity (Wildman–Crippen MR) is 114 cm³/mol. The zero-order chi connectivity index (χ0) is 20.9. The zero-order valence-corrected chi connectivity index (χ0v) is 17.3. The average Bonchev–Trinajstić information content (AvgIpc) is 2.90. The number of aryl methyl sites for hydroxylation is 1. The van der Waals surface area contributed by atoms with E-state index in [1.54, 1.807) is 6.92 Å². The molecule has 1 aromatic heterocycles. The van der Waals surface area contributed by atoms with Crippen LogP contribution < -0.4 is 10.5 Å². The molecule has 2 aromatic rings. The Morgan fingerprint density at radius 3 is 2.55 bits per heavy atom. The predicted octanol–water partition coefficient (Wildman–Crippen LogP) is 4.37. The number of allylic oxidation sites excluding steroid dienone is 1. The van der Waals surface area contributed by atoms with Crippen LogP contribution in [0, 0.1) is 12.8 Å². The minimum absolute atomic E-state index is 0.0525. The number of carboxylic acids is 1. The summed E-state index contributed by atoms with van der Waals surface area (Å²) in [7, 11) is 0. The molecule has 3 N–H and O–H groups in total. The number of nitrogens with two attached hydrogens (primary N) is 1. The fourth-order valence-corrected chi connectivity index (χ4v) is 4.98. The molecule has 154 valence electrons. The Bertz CT molecular complexity index is 971. The fourth-order valence-electron chi connectivity index (χ4n) is 4.98. The first-order valence-corrected chi connectivity index (χ1v) is 10.3. The smallest absolute Gasteiger partial charge is 0.339 e. The Balaban J connectivity index is 1.64. The summed E-state index contributed by atoms with van der Waals surface area (Å²) in [4.78, 5) is 18.6. The number of ether oxygens (including phenoxy) is 1. The van der Waals surface area contributed by atoms with Crippen LogP contribution in [0.3, 0.4) is 0 Å². The molecule has 2 aliphatic heterocycles. The van der Waals surface area contributed by atoms with Crippen molar-refractivity contribution in [3.05, 3.63) is 41.7 Å². The van der Waals surface area contributed by atoms with Gasteiger partial charge in [-0.25, -0.2) is 4.79 Å². The lowest BCUT2D eigenvalue weighted by atomic mass is 9.96. The number of piperidine rings is 1. The van der Waals surface area contributed by atoms with E-state index >= 15 is 0 Å². The number of hydrogen-bond acceptors (Lipinski definition) is 5. The van der Waals surface area contributed by atoms with Crippen LogP contribution in [0.5, 0.6) is 5.75 Å². The number of benzene rings is 1. The van der Waals surface area contributed by atoms with Gasteiger partial charge in [-0.15, -0.1) is 0 Å². The van der Waals surface area contributed by atoms with Crippen LogP contribution in [0.15, 0.2) is 30.5 Å². The first-order chi connectivity index (χ1) is 13.8. The van der Waals surface area contributed by atoms with Crippen molar-refractivity contribution >= 4 is 22.6 Å². The van der Waals surface area contributed by atoms with Crippen molar-refractivity contribution < 1.29 is 14.6 Å². The van der Waals surface area contributed by atoms with Crippen molar-refractivity contribution in [2.45, 2.75) is 64.6 Å². The van der Waals surface area contributed by atoms with E-state index in [0.717, 1.165) is 25.7 Å². The number of aromatic nitrogens is 1. The van der Waals surface area contributed by atoms with Crippen LogP contribution in [0.2, 0.25) is 0 Å². The molecular weight excluding hydrogens is 366 g/mol. The molecule has 4 rings (SSSR count). The Morgan fingerprint density at radius 1 is 1.31 bits per heavy atom. The van der Waals surface area contributed by atoms with E-state index in [1.165, 1.54) is 5.70 Å². The van der Waals surface area contributed by atoms with Crippen molar-refractivity contribution in [3.8, 4) is 5.75 Å². The lowest BCUT2D eigenvalue weighted by molar-refractivity contribution is 0.0664. The van der Waals surface area contributed by atoms with Crippen LogP contribution in [0.4, 0.5) is 5.69 Å². The van der Waals surface area contributed by atoms with Gasteiger partial charge in [0.25, 0.3) is 0 Å². The third kappa shape index (κ3) is 3.30. The number of aromatic carboxylic acids is 1. The summed E-state index contributed by atoms with van der Waals surface area (Å²) < 4.78 is 6.42. The number of hydrogen-bond donors (Lipinski definition) is 2. The molecule has 0 saturated carbocycles. The molecule has 6 heteroatoms. The summed E-state index contributed by atoms with van der Waals surface area (Å²) in [5.41, 5.74) is 8.84. The average molecular weight is 396 g/mol. The summed E-state index contributed by atoms with van der Waals surface area (Å²) >= 11 is 0. The number of rotatable bonds is 5. The molecule has 0 spiro atoms. The highest BCUT2D eigenvalue weighted by molar-refractivity contribution is 6.06. The first kappa shape index (κ1) is 19.6. The molecule has 2 fully saturated rings. The highest BCUT2D eigenvalue weighted by Crippen LogP contribution is 2.42. The second-order valence-electron chi connectivity index (χ2n) is 8.59. The molecule has 2 saturated heterocycles. The first-order valence-electron chi connectivity index (χ1n) is 10.3. The molecule has 0 aliphatic carbocycles. The SMILES string of the molecule is C=C(C(C)C)N1C2CCC1CC(Oc1cccc3nc(C)c(C(=O)O)c(N)c13)C2. The highest BCUT2D eigenvalue weighted by atomic mass is 16.5. The lowest BCUT2D eigenvalue weighted by Gasteiger charge is -2.42. The van der Waals surface area contributed by atoms with Crippen LogP contribution in [0.1, 0.15) is 55.6 Å². The standard InChI is InChI=1S/C23H29N3O3/c1-12(2)14(4)26-15-8-9-16(26)11-17(10-15)29-19-7-5-6-18-21(19)22(24)20(23(27)28)13(3)25-18/h5-7,12,15-17H,4,8-11H2,1-3H3,(H2,24,25)(H,27,28). The lowest BCUT2D eigenvalue weighted by Crippen LogP contribution is -2.46. The quantitative estimate of drug-likeness (QED) is 0.782. The summed E-state index contributed by atoms with van der Waals surface area (Å²) in [6.07, 6.45) is 4.27. The van der Waals surface area contributed by atoms with E-state index in [-0.39, 0.29) is 17.4 Å². The zero-order valence-electron chi connectivity index (χ0n) is 17.3. The van der Waals surface area contributed by atoms with Gasteiger partial charge in [0.15, 0.2) is 0 Å². The van der Waals surface area contributed by atoms with Crippen LogP contribution in [-0.4, -0.2) is 39.1 Å². The number of carbonyl (C=O) groups is 1. The third-order valence-corrected chi connectivity index (χ3v) is 6.39. The Hall–Kier alpha value is -2.76. The number of carboxylic acid groups (broad SMARTS) is 1. The van der Waals surface area contributed by atoms with Gasteiger partial charge in [-0.05, 0) is 37.8 Å². The highest BCUT2D eigenvalue weighted by Gasteiger charge is 2.42. The maximum absolute atomic E-state index is 11.7. The topological polar surface area (TPSA) is 88.7 Å². The largest absolute Gasteiger partial charge is 0.489 e. The fraction of sp³-hybridized carbons (Fsp3) is 0.478. The number of fused-ring (bicyclic) bond motifs is 3. The Labute approximate surface area is 171 Å². The van der Waals surface area contributed by atoms with Crippen LogP contribution in [-0.2, 0) is 0 Å². The molecule has 29 heavy (non-hydrogen) atoms. The number of anilines is 1. The maximum Gasteiger partial charge on any atom is 0.339 e. The number of nitrogen functional groups attached to an aromatic ring is 1. The van der Waals surface area contributed by atoms with Gasteiger partial charge in [-0.1, -0.05) is 26.5 Å². The Morgan fingerprint density at radius 2 is 1.97 bits per heavy atom. The van der Waals surface area contributed by atoms with E-state index < -0.39 is 5.97 Å². The van der Waals surface area contributed by atoms with Gasteiger partial charge < -0.3 is 20.5 Å². The van der Waals surface area contributed by atoms with Crippen molar-refractivity contribution in [1.29, 1.82) is 0 Å². The minimum Gasteiger partial charge on any atom is -0.489 e. The van der Waals surface area contributed by atoms with Gasteiger partial charge >= 0.3 is 5.97 Å². The second-order valence-corrected chi connectivity index (χ2v) is 8.59. The molecule has 1 aromatic carbocycles. The molecule has 0 radical (unpaired) electrons. The monoisotopic (exact) mass is 395 g/mol. The number of nitrogens with zero attached hydrogens (tertiary/aromatic N) is 2. The van der Waals surface area contributed by atoms with Gasteiger partial charge in [0, 0.05) is 30.6 Å². The van der Waals surface area contributed by atoms with Crippen molar-refractivity contribution in [2.24, 2.45) is 5.92 Å². The van der Waals surface area contributed by atoms with E-state index in [4.69, 9.17) is 10.5 Å². The second kappa shape index (κ2) is 7.25. The van der Waals surface area contributed by atoms with Crippen molar-refractivity contribution in [3.63, 3.8) is 0 Å². The van der Waals surface area contributed by atoms with Crippen molar-refractivity contribution in [2.75, 3.05) is 5.73 Å². The van der Waals surface area contributed by atoms with E-state index in [2.05, 4.69) is 30.3 Å². The summed E-state index contributed by atoms with van der Waals surface area (Å²) in [6.45, 7) is 10.4. The van der Waals surface area contributed by atoms with Gasteiger partial charge in [0.1, 0.15) is 17.4 Å². The van der Waals surface area contributed by atoms with Gasteiger partial charge in [0.2, 0.25) is 0 Å². The molecular formula is C23H29N3O3. The minimum atomic E-state index is -1.07. The number of pyridine rings is 1. The Kier molecular flexibility index (Phi) is 4.89. The summed E-state index contributed by atoms with van der Waals surface area (Å²) in [5, 5.41) is 10.1. The van der Waals surface area contributed by atoms with E-state index in [9.17, 15) is 9.90 Å². The van der Waals surface area contributed by atoms with Crippen molar-refractivity contribution in [1.82, 2.24) is 9.88 Å². The third-order valence-electron chi connectivity index (χ3n) is 6.39. The van der Waals surface area contributed by atoms with Crippen LogP contribution in [0.25, 0.3) is 10.9 Å². The molecule has 3 heterocycles. The molecule has 2 aliphatic rings. The van der Waals surface area contributed by atoms with Gasteiger partial charge in [-0.3, -0.25) is 4.98 Å². The maximum atomic E-state index is 11.7. The molecule has 6 nitrogen and oxygen atoms in total. The molecule has 2 unspecified atom stereocenters. The summed E-state index contributed by atoms with van der Waals surface area (Å²) in [6, 6.07) is 6.50. The van der Waals surface area contributed by atoms with E-state index in [1.807, 2.05) is 18.2 Å². The van der Waals surface area contributed by atoms with Gasteiger partial charge in [0.05, 0.1) is 22.3 Å². The molecule has 2 bridgehead atoms.